The molecule has 0 saturated heterocycles. The highest BCUT2D eigenvalue weighted by Crippen LogP contribution is 2.39. The second kappa shape index (κ2) is 4.20. The van der Waals surface area contributed by atoms with Gasteiger partial charge in [0.25, 0.3) is 5.91 Å². The van der Waals surface area contributed by atoms with E-state index in [0.29, 0.717) is 17.5 Å². The first kappa shape index (κ1) is 11.6. The quantitative estimate of drug-likeness (QED) is 0.818. The Hall–Kier alpha value is -1.85. The molecule has 1 heterocycles. The highest BCUT2D eigenvalue weighted by atomic mass is 16.4. The van der Waals surface area contributed by atoms with Crippen molar-refractivity contribution in [1.29, 1.82) is 0 Å². The maximum atomic E-state index is 11.7. The molecule has 92 valence electrons. The molecular formula is C11H14N2O4. The molecule has 1 atom stereocenters. The summed E-state index contributed by atoms with van der Waals surface area (Å²) >= 11 is 0. The summed E-state index contributed by atoms with van der Waals surface area (Å²) in [7, 11) is 0. The Labute approximate surface area is 98.0 Å². The number of hydrogen-bond donors (Lipinski definition) is 2. The molecule has 6 nitrogen and oxygen atoms in total. The second-order valence-corrected chi connectivity index (χ2v) is 4.27. The van der Waals surface area contributed by atoms with Crippen LogP contribution in [0.25, 0.3) is 0 Å². The SMILES string of the molecule is Cc1nc(C2CC2)oc1C(=O)N[C@H](C)C(=O)O. The zero-order chi connectivity index (χ0) is 12.6. The van der Waals surface area contributed by atoms with Gasteiger partial charge in [0, 0.05) is 5.92 Å². The van der Waals surface area contributed by atoms with Crippen molar-refractivity contribution in [3.63, 3.8) is 0 Å². The molecule has 1 amide bonds. The number of hydrogen-bond acceptors (Lipinski definition) is 4. The van der Waals surface area contributed by atoms with Gasteiger partial charge in [-0.1, -0.05) is 0 Å². The molecule has 1 saturated carbocycles. The third-order valence-electron chi connectivity index (χ3n) is 2.66. The van der Waals surface area contributed by atoms with Crippen LogP contribution in [-0.2, 0) is 4.79 Å². The molecule has 0 radical (unpaired) electrons. The normalized spacial score (nSPS) is 16.6. The molecule has 1 aromatic rings. The van der Waals surface area contributed by atoms with Crippen LogP contribution in [0.1, 0.15) is 47.8 Å². The molecule has 1 aliphatic rings. The predicted molar refractivity (Wildman–Crippen MR) is 57.8 cm³/mol. The van der Waals surface area contributed by atoms with Crippen LogP contribution in [0, 0.1) is 6.92 Å². The van der Waals surface area contributed by atoms with Crippen LogP contribution in [-0.4, -0.2) is 28.0 Å². The average molecular weight is 238 g/mol. The Morgan fingerprint density at radius 3 is 2.71 bits per heavy atom. The van der Waals surface area contributed by atoms with Crippen LogP contribution >= 0.6 is 0 Å². The summed E-state index contributed by atoms with van der Waals surface area (Å²) in [5, 5.41) is 11.0. The van der Waals surface area contributed by atoms with Crippen LogP contribution in [0.15, 0.2) is 4.42 Å². The van der Waals surface area contributed by atoms with Crippen molar-refractivity contribution in [2.24, 2.45) is 0 Å². The molecule has 2 N–H and O–H groups in total. The predicted octanol–water partition coefficient (Wildman–Crippen LogP) is 1.06. The molecule has 2 rings (SSSR count). The number of oxazole rings is 1. The van der Waals surface area contributed by atoms with Gasteiger partial charge in [0.1, 0.15) is 6.04 Å². The lowest BCUT2D eigenvalue weighted by molar-refractivity contribution is -0.138. The Balaban J connectivity index is 2.10. The van der Waals surface area contributed by atoms with Crippen molar-refractivity contribution in [2.75, 3.05) is 0 Å². The van der Waals surface area contributed by atoms with Gasteiger partial charge >= 0.3 is 5.97 Å². The van der Waals surface area contributed by atoms with Crippen molar-refractivity contribution in [3.05, 3.63) is 17.3 Å². The van der Waals surface area contributed by atoms with Gasteiger partial charge in [-0.3, -0.25) is 9.59 Å². The van der Waals surface area contributed by atoms with Gasteiger partial charge in [-0.25, -0.2) is 4.98 Å². The lowest BCUT2D eigenvalue weighted by atomic mass is 10.3. The Kier molecular flexibility index (Phi) is 2.87. The van der Waals surface area contributed by atoms with Gasteiger partial charge in [0.15, 0.2) is 5.89 Å². The lowest BCUT2D eigenvalue weighted by Crippen LogP contribution is -2.38. The number of rotatable bonds is 4. The van der Waals surface area contributed by atoms with E-state index in [4.69, 9.17) is 9.52 Å². The van der Waals surface area contributed by atoms with Gasteiger partial charge in [0.05, 0.1) is 5.69 Å². The smallest absolute Gasteiger partial charge is 0.325 e. The molecule has 0 bridgehead atoms. The van der Waals surface area contributed by atoms with Gasteiger partial charge in [-0.15, -0.1) is 0 Å². The summed E-state index contributed by atoms with van der Waals surface area (Å²) < 4.78 is 5.36. The van der Waals surface area contributed by atoms with Crippen molar-refractivity contribution >= 4 is 11.9 Å². The number of nitrogens with one attached hydrogen (secondary N) is 1. The number of aliphatic carboxylic acids is 1. The van der Waals surface area contributed by atoms with E-state index in [1.165, 1.54) is 6.92 Å². The van der Waals surface area contributed by atoms with Crippen LogP contribution in [0.2, 0.25) is 0 Å². The molecule has 0 aliphatic heterocycles. The molecule has 1 fully saturated rings. The average Bonchev–Trinajstić information content (AvgIpc) is 3.02. The Morgan fingerprint density at radius 1 is 1.53 bits per heavy atom. The van der Waals surface area contributed by atoms with Gasteiger partial charge in [-0.2, -0.15) is 0 Å². The topological polar surface area (TPSA) is 92.4 Å². The van der Waals surface area contributed by atoms with Crippen molar-refractivity contribution in [2.45, 2.75) is 38.6 Å². The van der Waals surface area contributed by atoms with E-state index < -0.39 is 17.9 Å². The number of nitrogens with zero attached hydrogens (tertiary/aromatic N) is 1. The third kappa shape index (κ3) is 2.46. The number of carboxylic acids is 1. The van der Waals surface area contributed by atoms with Gasteiger partial charge in [-0.05, 0) is 26.7 Å². The maximum Gasteiger partial charge on any atom is 0.325 e. The molecule has 17 heavy (non-hydrogen) atoms. The van der Waals surface area contributed by atoms with Crippen LogP contribution in [0.4, 0.5) is 0 Å². The van der Waals surface area contributed by atoms with Crippen molar-refractivity contribution in [1.82, 2.24) is 10.3 Å². The Morgan fingerprint density at radius 2 is 2.18 bits per heavy atom. The van der Waals surface area contributed by atoms with Crippen LogP contribution < -0.4 is 5.32 Å². The number of carboxylic acid groups (broad SMARTS) is 1. The van der Waals surface area contributed by atoms with E-state index in [9.17, 15) is 9.59 Å². The molecule has 1 aliphatic carbocycles. The third-order valence-corrected chi connectivity index (χ3v) is 2.66. The zero-order valence-electron chi connectivity index (χ0n) is 9.69. The summed E-state index contributed by atoms with van der Waals surface area (Å²) in [5.41, 5.74) is 0.502. The van der Waals surface area contributed by atoms with Crippen LogP contribution in [0.5, 0.6) is 0 Å². The molecule has 1 aromatic heterocycles. The lowest BCUT2D eigenvalue weighted by Gasteiger charge is -2.07. The van der Waals surface area contributed by atoms with Crippen molar-refractivity contribution in [3.8, 4) is 0 Å². The second-order valence-electron chi connectivity index (χ2n) is 4.27. The fourth-order valence-corrected chi connectivity index (χ4v) is 1.46. The fourth-order valence-electron chi connectivity index (χ4n) is 1.46. The minimum absolute atomic E-state index is 0.111. The van der Waals surface area contributed by atoms with E-state index in [-0.39, 0.29) is 5.76 Å². The molecule has 6 heteroatoms. The van der Waals surface area contributed by atoms with Crippen molar-refractivity contribution < 1.29 is 19.1 Å². The summed E-state index contributed by atoms with van der Waals surface area (Å²) in [6.45, 7) is 3.07. The van der Waals surface area contributed by atoms with Crippen LogP contribution in [0.3, 0.4) is 0 Å². The van der Waals surface area contributed by atoms with Gasteiger partial charge < -0.3 is 14.8 Å². The van der Waals surface area contributed by atoms with E-state index in [2.05, 4.69) is 10.3 Å². The first-order valence-electron chi connectivity index (χ1n) is 5.50. The Bertz CT molecular complexity index is 462. The standard InChI is InChI=1S/C11H14N2O4/c1-5-8(9(14)12-6(2)11(15)16)17-10(13-5)7-3-4-7/h6-7H,3-4H2,1-2H3,(H,12,14)(H,15,16)/t6-/m1/s1. The van der Waals surface area contributed by atoms with E-state index in [1.807, 2.05) is 0 Å². The summed E-state index contributed by atoms with van der Waals surface area (Å²) in [4.78, 5) is 26.5. The molecule has 0 aromatic carbocycles. The minimum Gasteiger partial charge on any atom is -0.480 e. The van der Waals surface area contributed by atoms with E-state index in [0.717, 1.165) is 12.8 Å². The first-order chi connectivity index (χ1) is 7.99. The molecule has 0 unspecified atom stereocenters. The van der Waals surface area contributed by atoms with E-state index in [1.54, 1.807) is 6.92 Å². The monoisotopic (exact) mass is 238 g/mol. The maximum absolute atomic E-state index is 11.7. The minimum atomic E-state index is -1.09. The van der Waals surface area contributed by atoms with Gasteiger partial charge in [0.2, 0.25) is 5.76 Å². The largest absolute Gasteiger partial charge is 0.480 e. The summed E-state index contributed by atoms with van der Waals surface area (Å²) in [6.07, 6.45) is 2.07. The molecule has 0 spiro atoms. The number of aryl methyl sites for hydroxylation is 1. The number of carbonyl (C=O) groups excluding carboxylic acids is 1. The summed E-state index contributed by atoms with van der Waals surface area (Å²) in [6, 6.07) is -0.948. The molecular weight excluding hydrogens is 224 g/mol. The first-order valence-corrected chi connectivity index (χ1v) is 5.50. The number of amides is 1. The number of aromatic nitrogens is 1. The summed E-state index contributed by atoms with van der Waals surface area (Å²) in [5.74, 6) is -0.600. The fraction of sp³-hybridized carbons (Fsp3) is 0.545. The highest BCUT2D eigenvalue weighted by molar-refractivity contribution is 5.94. The zero-order valence-corrected chi connectivity index (χ0v) is 9.69. The highest BCUT2D eigenvalue weighted by Gasteiger charge is 2.31. The number of carbonyl (C=O) groups is 2. The van der Waals surface area contributed by atoms with E-state index >= 15 is 0 Å².